The lowest BCUT2D eigenvalue weighted by Crippen LogP contribution is -2.19. The predicted octanol–water partition coefficient (Wildman–Crippen LogP) is 8.48. The van der Waals surface area contributed by atoms with Crippen molar-refractivity contribution in [3.05, 3.63) is 76.2 Å². The zero-order valence-electron chi connectivity index (χ0n) is 21.0. The summed E-state index contributed by atoms with van der Waals surface area (Å²) in [7, 11) is 0. The van der Waals surface area contributed by atoms with Crippen LogP contribution in [0.4, 0.5) is 0 Å². The summed E-state index contributed by atoms with van der Waals surface area (Å²) in [5, 5.41) is 0. The first kappa shape index (κ1) is 23.7. The van der Waals surface area contributed by atoms with E-state index in [0.717, 1.165) is 0 Å². The van der Waals surface area contributed by atoms with Crippen molar-refractivity contribution in [3.63, 3.8) is 0 Å². The van der Waals surface area contributed by atoms with Crippen LogP contribution in [0, 0.1) is 6.42 Å². The molecule has 2 rings (SSSR count). The van der Waals surface area contributed by atoms with Gasteiger partial charge in [0.25, 0.3) is 0 Å². The van der Waals surface area contributed by atoms with E-state index in [2.05, 4.69) is 126 Å². The van der Waals surface area contributed by atoms with Crippen molar-refractivity contribution < 1.29 is 0 Å². The van der Waals surface area contributed by atoms with Gasteiger partial charge < -0.3 is 0 Å². The molecule has 0 heteroatoms. The SMILES string of the molecule is CC(C)(C)c1ccc(C(C)(C)C)c([CH]c2cc(C(C)(C)C)ccc2C(C)(C)C)c1. The third kappa shape index (κ3) is 5.74. The van der Waals surface area contributed by atoms with E-state index >= 15 is 0 Å². The maximum atomic E-state index is 2.44. The molecule has 29 heavy (non-hydrogen) atoms. The van der Waals surface area contributed by atoms with Crippen LogP contribution in [-0.4, -0.2) is 0 Å². The molecule has 0 saturated heterocycles. The third-order valence-electron chi connectivity index (χ3n) is 5.76. The van der Waals surface area contributed by atoms with Crippen LogP contribution in [0.1, 0.15) is 116 Å². The predicted molar refractivity (Wildman–Crippen MR) is 130 cm³/mol. The van der Waals surface area contributed by atoms with E-state index in [1.165, 1.54) is 33.4 Å². The Kier molecular flexibility index (Phi) is 6.22. The maximum Gasteiger partial charge on any atom is 0.0205 e. The number of hydrogen-bond donors (Lipinski definition) is 0. The zero-order valence-corrected chi connectivity index (χ0v) is 21.0. The van der Waals surface area contributed by atoms with Crippen molar-refractivity contribution in [1.82, 2.24) is 0 Å². The Morgan fingerprint density at radius 1 is 0.448 bits per heavy atom. The highest BCUT2D eigenvalue weighted by atomic mass is 14.3. The van der Waals surface area contributed by atoms with Crippen molar-refractivity contribution in [2.24, 2.45) is 0 Å². The molecule has 0 N–H and O–H groups in total. The molecule has 0 fully saturated rings. The monoisotopic (exact) mass is 391 g/mol. The molecule has 1 radical (unpaired) electrons. The van der Waals surface area contributed by atoms with Crippen LogP contribution in [0.25, 0.3) is 0 Å². The molecule has 159 valence electrons. The van der Waals surface area contributed by atoms with Crippen molar-refractivity contribution in [1.29, 1.82) is 0 Å². The molecule has 0 aliphatic carbocycles. The first-order chi connectivity index (χ1) is 12.9. The summed E-state index contributed by atoms with van der Waals surface area (Å²) in [6, 6.07) is 14.1. The summed E-state index contributed by atoms with van der Waals surface area (Å²) in [5.41, 5.74) is 8.78. The van der Waals surface area contributed by atoms with Gasteiger partial charge >= 0.3 is 0 Å². The summed E-state index contributed by atoms with van der Waals surface area (Å²) in [6.45, 7) is 27.6. The first-order valence-corrected chi connectivity index (χ1v) is 11.1. The van der Waals surface area contributed by atoms with E-state index in [-0.39, 0.29) is 21.7 Å². The molecule has 0 aliphatic heterocycles. The van der Waals surface area contributed by atoms with Gasteiger partial charge in [0.2, 0.25) is 0 Å². The Labute approximate surface area is 181 Å². The minimum atomic E-state index is 0.103. The fourth-order valence-electron chi connectivity index (χ4n) is 3.83. The van der Waals surface area contributed by atoms with E-state index in [0.29, 0.717) is 0 Å². The largest absolute Gasteiger partial charge is 0.0582 e. The van der Waals surface area contributed by atoms with E-state index in [9.17, 15) is 0 Å². The molecular weight excluding hydrogens is 348 g/mol. The number of benzene rings is 2. The number of rotatable bonds is 2. The smallest absolute Gasteiger partial charge is 0.0205 e. The Balaban J connectivity index is 2.71. The van der Waals surface area contributed by atoms with Gasteiger partial charge in [0.05, 0.1) is 0 Å². The molecule has 2 aromatic rings. The minimum Gasteiger partial charge on any atom is -0.0582 e. The van der Waals surface area contributed by atoms with Gasteiger partial charge in [-0.15, -0.1) is 0 Å². The lowest BCUT2D eigenvalue weighted by Gasteiger charge is -2.30. The summed E-state index contributed by atoms with van der Waals surface area (Å²) < 4.78 is 0. The van der Waals surface area contributed by atoms with Crippen LogP contribution < -0.4 is 0 Å². The fraction of sp³-hybridized carbons (Fsp3) is 0.552. The summed E-state index contributed by atoms with van der Waals surface area (Å²) in [5.74, 6) is 0. The maximum absolute atomic E-state index is 2.44. The van der Waals surface area contributed by atoms with Gasteiger partial charge in [0.1, 0.15) is 0 Å². The molecule has 0 atom stereocenters. The van der Waals surface area contributed by atoms with Crippen molar-refractivity contribution in [3.8, 4) is 0 Å². The van der Waals surface area contributed by atoms with Crippen LogP contribution in [0.15, 0.2) is 36.4 Å². The molecule has 0 aromatic heterocycles. The highest BCUT2D eigenvalue weighted by molar-refractivity contribution is 5.52. The highest BCUT2D eigenvalue weighted by Gasteiger charge is 2.25. The Bertz CT molecular complexity index is 779. The molecule has 0 bridgehead atoms. The van der Waals surface area contributed by atoms with E-state index < -0.39 is 0 Å². The minimum absolute atomic E-state index is 0.103. The summed E-state index contributed by atoms with van der Waals surface area (Å²) in [6.07, 6.45) is 2.44. The van der Waals surface area contributed by atoms with Crippen LogP contribution >= 0.6 is 0 Å². The van der Waals surface area contributed by atoms with Gasteiger partial charge in [-0.25, -0.2) is 0 Å². The van der Waals surface area contributed by atoms with Crippen LogP contribution in [-0.2, 0) is 21.7 Å². The van der Waals surface area contributed by atoms with Gasteiger partial charge in [-0.05, 0) is 55.0 Å². The standard InChI is InChI=1S/C29H43/c1-26(2,3)22-13-15-24(28(7,8)9)20(18-22)17-21-19-23(27(4,5)6)14-16-25(21)29(10,11)12/h13-19H,1-12H3. The molecule has 0 unspecified atom stereocenters. The van der Waals surface area contributed by atoms with Gasteiger partial charge in [0, 0.05) is 6.42 Å². The molecule has 0 saturated carbocycles. The molecular formula is C29H43. The summed E-state index contributed by atoms with van der Waals surface area (Å²) in [4.78, 5) is 0. The summed E-state index contributed by atoms with van der Waals surface area (Å²) >= 11 is 0. The van der Waals surface area contributed by atoms with Crippen molar-refractivity contribution in [2.45, 2.75) is 105 Å². The molecule has 0 spiro atoms. The Morgan fingerprint density at radius 2 is 0.759 bits per heavy atom. The van der Waals surface area contributed by atoms with Gasteiger partial charge in [0.15, 0.2) is 0 Å². The van der Waals surface area contributed by atoms with E-state index in [1.807, 2.05) is 0 Å². The molecule has 0 nitrogen and oxygen atoms in total. The molecule has 2 aromatic carbocycles. The number of hydrogen-bond acceptors (Lipinski definition) is 0. The normalized spacial score (nSPS) is 13.7. The Morgan fingerprint density at radius 3 is 1.00 bits per heavy atom. The molecule has 0 heterocycles. The van der Waals surface area contributed by atoms with Crippen LogP contribution in [0.3, 0.4) is 0 Å². The second kappa shape index (κ2) is 7.60. The van der Waals surface area contributed by atoms with Gasteiger partial charge in [-0.3, -0.25) is 0 Å². The van der Waals surface area contributed by atoms with E-state index in [1.54, 1.807) is 0 Å². The zero-order chi connectivity index (χ0) is 22.4. The fourth-order valence-corrected chi connectivity index (χ4v) is 3.83. The lowest BCUT2D eigenvalue weighted by atomic mass is 9.75. The van der Waals surface area contributed by atoms with Gasteiger partial charge in [-0.1, -0.05) is 119 Å². The lowest BCUT2D eigenvalue weighted by molar-refractivity contribution is 0.570. The second-order valence-corrected chi connectivity index (χ2v) is 12.7. The van der Waals surface area contributed by atoms with Gasteiger partial charge in [-0.2, -0.15) is 0 Å². The average molecular weight is 392 g/mol. The van der Waals surface area contributed by atoms with Crippen LogP contribution in [0.5, 0.6) is 0 Å². The van der Waals surface area contributed by atoms with Crippen molar-refractivity contribution in [2.75, 3.05) is 0 Å². The van der Waals surface area contributed by atoms with Crippen LogP contribution in [0.2, 0.25) is 0 Å². The Hall–Kier alpha value is -1.56. The third-order valence-corrected chi connectivity index (χ3v) is 5.76. The quantitative estimate of drug-likeness (QED) is 0.481. The second-order valence-electron chi connectivity index (χ2n) is 12.7. The highest BCUT2D eigenvalue weighted by Crippen LogP contribution is 2.36. The molecule has 0 amide bonds. The topological polar surface area (TPSA) is 0 Å². The van der Waals surface area contributed by atoms with E-state index in [4.69, 9.17) is 0 Å². The van der Waals surface area contributed by atoms with Crippen molar-refractivity contribution >= 4 is 0 Å². The molecule has 0 aliphatic rings. The first-order valence-electron chi connectivity index (χ1n) is 11.1. The average Bonchev–Trinajstić information content (AvgIpc) is 2.51.